The van der Waals surface area contributed by atoms with Crippen molar-refractivity contribution in [3.8, 4) is 0 Å². The second-order valence-electron chi connectivity index (χ2n) is 8.48. The summed E-state index contributed by atoms with van der Waals surface area (Å²) in [5.74, 6) is 2.15. The van der Waals surface area contributed by atoms with Crippen LogP contribution < -0.4 is 5.56 Å². The number of thioether (sulfide) groups is 1. The topological polar surface area (TPSA) is 53.9 Å². The molecule has 0 spiro atoms. The minimum Gasteiger partial charge on any atom is -0.361 e. The molecule has 29 heavy (non-hydrogen) atoms. The van der Waals surface area contributed by atoms with Crippen molar-refractivity contribution in [2.75, 3.05) is 25.4 Å². The van der Waals surface area contributed by atoms with Crippen LogP contribution in [-0.4, -0.2) is 44.8 Å². The zero-order chi connectivity index (χ0) is 20.0. The minimum absolute atomic E-state index is 0.180. The second-order valence-corrected chi connectivity index (χ2v) is 9.54. The largest absolute Gasteiger partial charge is 0.361 e. The summed E-state index contributed by atoms with van der Waals surface area (Å²) >= 11 is 1.69. The molecule has 6 heteroatoms. The predicted molar refractivity (Wildman–Crippen MR) is 119 cm³/mol. The Bertz CT molecular complexity index is 1100. The smallest absolute Gasteiger partial charge is 0.257 e. The lowest BCUT2D eigenvalue weighted by Crippen LogP contribution is -2.40. The molecule has 4 heterocycles. The maximum atomic E-state index is 12.8. The van der Waals surface area contributed by atoms with Gasteiger partial charge in [-0.15, -0.1) is 0 Å². The first-order valence-electron chi connectivity index (χ1n) is 10.6. The van der Waals surface area contributed by atoms with Crippen LogP contribution in [0.3, 0.4) is 0 Å². The molecule has 2 aromatic heterocycles. The van der Waals surface area contributed by atoms with E-state index in [1.165, 1.54) is 22.9 Å². The molecule has 0 aliphatic carbocycles. The van der Waals surface area contributed by atoms with Gasteiger partial charge in [-0.05, 0) is 49.8 Å². The Morgan fingerprint density at radius 1 is 1.28 bits per heavy atom. The van der Waals surface area contributed by atoms with E-state index in [4.69, 9.17) is 0 Å². The van der Waals surface area contributed by atoms with E-state index in [0.717, 1.165) is 54.8 Å². The molecule has 0 bridgehead atoms. The van der Waals surface area contributed by atoms with Gasteiger partial charge in [0, 0.05) is 53.7 Å². The number of aryl methyl sites for hydroxylation is 1. The van der Waals surface area contributed by atoms with Crippen molar-refractivity contribution in [1.29, 1.82) is 0 Å². The molecule has 2 aliphatic heterocycles. The second kappa shape index (κ2) is 7.65. The van der Waals surface area contributed by atoms with Gasteiger partial charge in [-0.2, -0.15) is 0 Å². The average Bonchev–Trinajstić information content (AvgIpc) is 3.35. The van der Waals surface area contributed by atoms with Crippen LogP contribution in [0.4, 0.5) is 0 Å². The number of para-hydroxylation sites is 1. The third kappa shape index (κ3) is 3.42. The van der Waals surface area contributed by atoms with Gasteiger partial charge >= 0.3 is 0 Å². The van der Waals surface area contributed by atoms with Gasteiger partial charge in [-0.25, -0.2) is 4.98 Å². The molecule has 1 saturated heterocycles. The highest BCUT2D eigenvalue weighted by molar-refractivity contribution is 7.99. The molecule has 1 N–H and O–H groups in total. The molecule has 2 aliphatic rings. The molecule has 5 nitrogen and oxygen atoms in total. The molecule has 0 saturated carbocycles. The monoisotopic (exact) mass is 408 g/mol. The van der Waals surface area contributed by atoms with Gasteiger partial charge in [0.15, 0.2) is 5.16 Å². The third-order valence-electron chi connectivity index (χ3n) is 6.67. The van der Waals surface area contributed by atoms with Crippen molar-refractivity contribution in [2.45, 2.75) is 44.3 Å². The molecule has 152 valence electrons. The van der Waals surface area contributed by atoms with Crippen molar-refractivity contribution < 1.29 is 0 Å². The maximum Gasteiger partial charge on any atom is 0.257 e. The van der Waals surface area contributed by atoms with Crippen LogP contribution in [0, 0.1) is 12.8 Å². The van der Waals surface area contributed by atoms with Crippen molar-refractivity contribution in [3.05, 3.63) is 57.6 Å². The summed E-state index contributed by atoms with van der Waals surface area (Å²) in [6.45, 7) is 8.26. The Kier molecular flexibility index (Phi) is 5.00. The van der Waals surface area contributed by atoms with Crippen molar-refractivity contribution >= 4 is 22.7 Å². The van der Waals surface area contributed by atoms with Crippen LogP contribution in [0.15, 0.2) is 40.4 Å². The van der Waals surface area contributed by atoms with E-state index < -0.39 is 0 Å². The van der Waals surface area contributed by atoms with E-state index in [2.05, 4.69) is 52.3 Å². The number of H-pyrrole nitrogens is 1. The fraction of sp³-hybridized carbons (Fsp3) is 0.478. The van der Waals surface area contributed by atoms with E-state index >= 15 is 0 Å². The van der Waals surface area contributed by atoms with Crippen LogP contribution in [0.2, 0.25) is 0 Å². The van der Waals surface area contributed by atoms with Crippen LogP contribution in [0.1, 0.15) is 36.1 Å². The van der Waals surface area contributed by atoms with Crippen molar-refractivity contribution in [3.63, 3.8) is 0 Å². The number of fused-ring (bicyclic) bond motifs is 2. The summed E-state index contributed by atoms with van der Waals surface area (Å²) in [5.41, 5.74) is 4.69. The van der Waals surface area contributed by atoms with Crippen LogP contribution in [-0.2, 0) is 13.0 Å². The van der Waals surface area contributed by atoms with E-state index in [0.29, 0.717) is 11.8 Å². The van der Waals surface area contributed by atoms with Gasteiger partial charge in [0.2, 0.25) is 0 Å². The standard InChI is InChI=1S/C23H28N4OS/c1-15-14-26(9-7-17(15)20-13-24-21-6-4-3-5-19(20)21)10-8-18-16(2)25-23-27(22(18)28)11-12-29-23/h3-6,13,15,17,24H,7-12,14H2,1-2H3. The van der Waals surface area contributed by atoms with E-state index in [1.807, 2.05) is 11.5 Å². The van der Waals surface area contributed by atoms with Gasteiger partial charge in [0.25, 0.3) is 5.56 Å². The first kappa shape index (κ1) is 18.9. The molecule has 0 amide bonds. The fourth-order valence-electron chi connectivity index (χ4n) is 5.07. The number of rotatable bonds is 4. The zero-order valence-corrected chi connectivity index (χ0v) is 18.0. The summed E-state index contributed by atoms with van der Waals surface area (Å²) in [5, 5.41) is 2.26. The molecular weight excluding hydrogens is 380 g/mol. The van der Waals surface area contributed by atoms with E-state index in [9.17, 15) is 4.79 Å². The molecule has 1 fully saturated rings. The Hall–Kier alpha value is -2.05. The van der Waals surface area contributed by atoms with Gasteiger partial charge in [0.05, 0.1) is 0 Å². The quantitative estimate of drug-likeness (QED) is 0.667. The van der Waals surface area contributed by atoms with Gasteiger partial charge < -0.3 is 9.88 Å². The Morgan fingerprint density at radius 2 is 2.14 bits per heavy atom. The number of hydrogen-bond acceptors (Lipinski definition) is 4. The SMILES string of the molecule is Cc1nc2n(c(=O)c1CCN1CCC(c3c[nH]c4ccccc34)C(C)C1)CCS2. The number of aromatic nitrogens is 3. The number of benzene rings is 1. The number of nitrogens with zero attached hydrogens (tertiary/aromatic N) is 3. The highest BCUT2D eigenvalue weighted by Crippen LogP contribution is 2.36. The van der Waals surface area contributed by atoms with E-state index in [1.54, 1.807) is 11.8 Å². The van der Waals surface area contributed by atoms with Crippen molar-refractivity contribution in [2.24, 2.45) is 5.92 Å². The zero-order valence-electron chi connectivity index (χ0n) is 17.1. The molecule has 1 aromatic carbocycles. The maximum absolute atomic E-state index is 12.8. The van der Waals surface area contributed by atoms with Crippen LogP contribution in [0.5, 0.6) is 0 Å². The number of likely N-dealkylation sites (tertiary alicyclic amines) is 1. The van der Waals surface area contributed by atoms with Gasteiger partial charge in [-0.3, -0.25) is 9.36 Å². The highest BCUT2D eigenvalue weighted by Gasteiger charge is 2.29. The number of hydrogen-bond donors (Lipinski definition) is 1. The fourth-order valence-corrected chi connectivity index (χ4v) is 6.05. The third-order valence-corrected chi connectivity index (χ3v) is 7.63. The molecule has 5 rings (SSSR count). The summed E-state index contributed by atoms with van der Waals surface area (Å²) in [4.78, 5) is 23.5. The lowest BCUT2D eigenvalue weighted by Gasteiger charge is -2.37. The highest BCUT2D eigenvalue weighted by atomic mass is 32.2. The summed E-state index contributed by atoms with van der Waals surface area (Å²) < 4.78 is 1.86. The van der Waals surface area contributed by atoms with Crippen LogP contribution >= 0.6 is 11.8 Å². The Balaban J connectivity index is 1.27. The van der Waals surface area contributed by atoms with Crippen molar-refractivity contribution in [1.82, 2.24) is 19.4 Å². The summed E-state index contributed by atoms with van der Waals surface area (Å²) in [6, 6.07) is 8.60. The van der Waals surface area contributed by atoms with E-state index in [-0.39, 0.29) is 5.56 Å². The minimum atomic E-state index is 0.180. The first-order chi connectivity index (χ1) is 14.1. The summed E-state index contributed by atoms with van der Waals surface area (Å²) in [6.07, 6.45) is 4.17. The molecule has 3 aromatic rings. The first-order valence-corrected chi connectivity index (χ1v) is 11.6. The molecule has 0 radical (unpaired) electrons. The predicted octanol–water partition coefficient (Wildman–Crippen LogP) is 3.81. The van der Waals surface area contributed by atoms with Gasteiger partial charge in [0.1, 0.15) is 0 Å². The lowest BCUT2D eigenvalue weighted by molar-refractivity contribution is 0.165. The normalized spacial score (nSPS) is 22.3. The Labute approximate surface area is 175 Å². The Morgan fingerprint density at radius 3 is 3.00 bits per heavy atom. The lowest BCUT2D eigenvalue weighted by atomic mass is 9.81. The average molecular weight is 409 g/mol. The molecule has 2 unspecified atom stereocenters. The molecular formula is C23H28N4OS. The summed E-state index contributed by atoms with van der Waals surface area (Å²) in [7, 11) is 0. The molecule has 2 atom stereocenters. The van der Waals surface area contributed by atoms with Crippen LogP contribution in [0.25, 0.3) is 10.9 Å². The van der Waals surface area contributed by atoms with Gasteiger partial charge in [-0.1, -0.05) is 36.9 Å². The number of aromatic amines is 1. The number of nitrogens with one attached hydrogen (secondary N) is 1. The number of piperidine rings is 1.